The zero-order chi connectivity index (χ0) is 10.8. The summed E-state index contributed by atoms with van der Waals surface area (Å²) < 4.78 is 21.0. The zero-order valence-corrected chi connectivity index (χ0v) is 9.70. The molecule has 2 unspecified atom stereocenters. The summed E-state index contributed by atoms with van der Waals surface area (Å²) in [4.78, 5) is 0. The van der Waals surface area contributed by atoms with Crippen molar-refractivity contribution in [3.63, 3.8) is 0 Å². The second-order valence-corrected chi connectivity index (χ2v) is 4.06. The van der Waals surface area contributed by atoms with Gasteiger partial charge in [0.15, 0.2) is 0 Å². The van der Waals surface area contributed by atoms with E-state index in [4.69, 9.17) is 20.5 Å². The van der Waals surface area contributed by atoms with Gasteiger partial charge in [-0.2, -0.15) is 0 Å². The van der Waals surface area contributed by atoms with E-state index in [2.05, 4.69) is 0 Å². The second kappa shape index (κ2) is 9.62. The molecule has 0 aliphatic rings. The first kappa shape index (κ1) is 14.1. The minimum atomic E-state index is -2.41. The van der Waals surface area contributed by atoms with Gasteiger partial charge in [-0.1, -0.05) is 13.3 Å². The summed E-state index contributed by atoms with van der Waals surface area (Å²) in [6, 6.07) is 0. The molecule has 0 rings (SSSR count). The highest BCUT2D eigenvalue weighted by molar-refractivity contribution is 7.33. The van der Waals surface area contributed by atoms with Gasteiger partial charge < -0.3 is 16.0 Å². The minimum absolute atomic E-state index is 0.470. The lowest BCUT2D eigenvalue weighted by molar-refractivity contribution is 0.158. The minimum Gasteiger partial charge on any atom is -0.330 e. The van der Waals surface area contributed by atoms with Gasteiger partial charge in [0.05, 0.1) is 6.61 Å². The molecule has 6 heteroatoms. The SMILES string of the molecule is CCCCO[PH](=O)OC(N)CCCN. The van der Waals surface area contributed by atoms with Crippen molar-refractivity contribution in [2.45, 2.75) is 38.8 Å². The Labute approximate surface area is 86.1 Å². The van der Waals surface area contributed by atoms with Crippen LogP contribution in [0.15, 0.2) is 0 Å². The third kappa shape index (κ3) is 8.66. The lowest BCUT2D eigenvalue weighted by Gasteiger charge is -2.11. The molecule has 2 atom stereocenters. The molecule has 0 bridgehead atoms. The molecule has 0 saturated heterocycles. The van der Waals surface area contributed by atoms with Crippen LogP contribution < -0.4 is 11.5 Å². The van der Waals surface area contributed by atoms with Crippen LogP contribution in [0.1, 0.15) is 32.6 Å². The molecule has 0 aromatic carbocycles. The molecular weight excluding hydrogens is 203 g/mol. The zero-order valence-electron chi connectivity index (χ0n) is 8.70. The summed E-state index contributed by atoms with van der Waals surface area (Å²) in [6.45, 7) is 3.07. The van der Waals surface area contributed by atoms with Crippen molar-refractivity contribution in [2.24, 2.45) is 11.5 Å². The van der Waals surface area contributed by atoms with Crippen molar-refractivity contribution in [1.29, 1.82) is 0 Å². The van der Waals surface area contributed by atoms with E-state index in [1.807, 2.05) is 6.92 Å². The number of rotatable bonds is 9. The van der Waals surface area contributed by atoms with E-state index in [1.54, 1.807) is 0 Å². The van der Waals surface area contributed by atoms with Crippen LogP contribution in [0.5, 0.6) is 0 Å². The summed E-state index contributed by atoms with van der Waals surface area (Å²) >= 11 is 0. The monoisotopic (exact) mass is 224 g/mol. The number of hydrogen-bond donors (Lipinski definition) is 2. The fourth-order valence-electron chi connectivity index (χ4n) is 0.835. The highest BCUT2D eigenvalue weighted by Gasteiger charge is 2.07. The number of hydrogen-bond acceptors (Lipinski definition) is 5. The van der Waals surface area contributed by atoms with Crippen LogP contribution in [0, 0.1) is 0 Å². The molecule has 5 nitrogen and oxygen atoms in total. The lowest BCUT2D eigenvalue weighted by atomic mass is 10.3. The highest BCUT2D eigenvalue weighted by Crippen LogP contribution is 2.26. The van der Waals surface area contributed by atoms with Gasteiger partial charge in [0.2, 0.25) is 0 Å². The van der Waals surface area contributed by atoms with E-state index in [0.717, 1.165) is 19.3 Å². The maximum atomic E-state index is 11.1. The summed E-state index contributed by atoms with van der Waals surface area (Å²) in [5.74, 6) is 0. The Balaban J connectivity index is 3.40. The van der Waals surface area contributed by atoms with Gasteiger partial charge in [-0.05, 0) is 25.8 Å². The molecule has 0 amide bonds. The van der Waals surface area contributed by atoms with Gasteiger partial charge in [-0.15, -0.1) is 0 Å². The summed E-state index contributed by atoms with van der Waals surface area (Å²) in [7, 11) is -2.41. The molecule has 0 radical (unpaired) electrons. The Morgan fingerprint density at radius 1 is 1.43 bits per heavy atom. The highest BCUT2D eigenvalue weighted by atomic mass is 31.1. The van der Waals surface area contributed by atoms with E-state index >= 15 is 0 Å². The van der Waals surface area contributed by atoms with Crippen LogP contribution in [0.25, 0.3) is 0 Å². The third-order valence-electron chi connectivity index (χ3n) is 1.66. The standard InChI is InChI=1S/C8H21N2O3P/c1-2-3-7-12-14(11)13-8(10)5-4-6-9/h8,14H,2-7,9-10H2,1H3. The van der Waals surface area contributed by atoms with E-state index in [9.17, 15) is 4.57 Å². The van der Waals surface area contributed by atoms with Crippen LogP contribution in [0.3, 0.4) is 0 Å². The predicted octanol–water partition coefficient (Wildman–Crippen LogP) is 1.23. The summed E-state index contributed by atoms with van der Waals surface area (Å²) in [5, 5.41) is 0. The van der Waals surface area contributed by atoms with Crippen molar-refractivity contribution in [3.05, 3.63) is 0 Å². The lowest BCUT2D eigenvalue weighted by Crippen LogP contribution is -2.22. The summed E-state index contributed by atoms with van der Waals surface area (Å²) in [6.07, 6.45) is 2.76. The van der Waals surface area contributed by atoms with Crippen LogP contribution in [0.4, 0.5) is 0 Å². The van der Waals surface area contributed by atoms with Crippen LogP contribution in [-0.4, -0.2) is 19.4 Å². The third-order valence-corrected chi connectivity index (χ3v) is 2.59. The van der Waals surface area contributed by atoms with Crippen LogP contribution in [0.2, 0.25) is 0 Å². The Kier molecular flexibility index (Phi) is 9.67. The van der Waals surface area contributed by atoms with Crippen molar-refractivity contribution < 1.29 is 13.6 Å². The van der Waals surface area contributed by atoms with Crippen molar-refractivity contribution in [3.8, 4) is 0 Å². The Hall–Kier alpha value is 0.0700. The van der Waals surface area contributed by atoms with Gasteiger partial charge in [-0.3, -0.25) is 9.09 Å². The van der Waals surface area contributed by atoms with Crippen molar-refractivity contribution >= 4 is 8.25 Å². The first-order valence-electron chi connectivity index (χ1n) is 4.99. The van der Waals surface area contributed by atoms with Gasteiger partial charge in [0, 0.05) is 0 Å². The van der Waals surface area contributed by atoms with Crippen molar-refractivity contribution in [2.75, 3.05) is 13.2 Å². The predicted molar refractivity (Wildman–Crippen MR) is 57.2 cm³/mol. The second-order valence-electron chi connectivity index (χ2n) is 3.04. The molecule has 0 fully saturated rings. The molecule has 86 valence electrons. The number of nitrogens with two attached hydrogens (primary N) is 2. The largest absolute Gasteiger partial charge is 0.330 e. The topological polar surface area (TPSA) is 87.6 Å². The molecule has 14 heavy (non-hydrogen) atoms. The van der Waals surface area contributed by atoms with Crippen LogP contribution in [-0.2, 0) is 13.6 Å². The average Bonchev–Trinajstić information content (AvgIpc) is 2.15. The van der Waals surface area contributed by atoms with Crippen molar-refractivity contribution in [1.82, 2.24) is 0 Å². The van der Waals surface area contributed by atoms with Crippen LogP contribution >= 0.6 is 8.25 Å². The molecule has 0 aliphatic heterocycles. The van der Waals surface area contributed by atoms with E-state index in [0.29, 0.717) is 19.6 Å². The fraction of sp³-hybridized carbons (Fsp3) is 1.00. The molecular formula is C8H21N2O3P. The molecule has 0 heterocycles. The maximum Gasteiger partial charge on any atom is 0.320 e. The van der Waals surface area contributed by atoms with E-state index in [-0.39, 0.29) is 0 Å². The first-order valence-corrected chi connectivity index (χ1v) is 6.22. The summed E-state index contributed by atoms with van der Waals surface area (Å²) in [5.41, 5.74) is 10.8. The average molecular weight is 224 g/mol. The number of unbranched alkanes of at least 4 members (excludes halogenated alkanes) is 1. The molecule has 0 spiro atoms. The molecule has 4 N–H and O–H groups in total. The molecule has 0 aliphatic carbocycles. The normalized spacial score (nSPS) is 15.4. The smallest absolute Gasteiger partial charge is 0.320 e. The van der Waals surface area contributed by atoms with Gasteiger partial charge in [0.25, 0.3) is 0 Å². The molecule has 0 saturated carbocycles. The quantitative estimate of drug-likeness (QED) is 0.349. The van der Waals surface area contributed by atoms with Gasteiger partial charge >= 0.3 is 8.25 Å². The van der Waals surface area contributed by atoms with E-state index in [1.165, 1.54) is 0 Å². The Morgan fingerprint density at radius 3 is 2.71 bits per heavy atom. The maximum absolute atomic E-state index is 11.1. The Morgan fingerprint density at radius 2 is 2.14 bits per heavy atom. The molecule has 0 aromatic rings. The fourth-order valence-corrected chi connectivity index (χ4v) is 1.58. The Bertz CT molecular complexity index is 158. The first-order chi connectivity index (χ1) is 6.70. The van der Waals surface area contributed by atoms with Gasteiger partial charge in [-0.25, -0.2) is 0 Å². The molecule has 0 aromatic heterocycles. The van der Waals surface area contributed by atoms with E-state index < -0.39 is 14.5 Å². The van der Waals surface area contributed by atoms with Gasteiger partial charge in [0.1, 0.15) is 6.23 Å².